The number of aryl methyl sites for hydroxylation is 1. The van der Waals surface area contributed by atoms with Gasteiger partial charge in [0.1, 0.15) is 0 Å². The maximum atomic E-state index is 12.6. The van der Waals surface area contributed by atoms with Crippen LogP contribution in [-0.2, 0) is 6.54 Å². The van der Waals surface area contributed by atoms with Crippen LogP contribution in [0.25, 0.3) is 4.85 Å². The van der Waals surface area contributed by atoms with Crippen molar-refractivity contribution < 1.29 is 4.79 Å². The zero-order valence-corrected chi connectivity index (χ0v) is 23.3. The molecule has 2 heterocycles. The first-order chi connectivity index (χ1) is 18.4. The minimum atomic E-state index is -0.274. The van der Waals surface area contributed by atoms with Crippen LogP contribution in [0.4, 0.5) is 11.4 Å². The number of anilines is 1. The Labute approximate surface area is 235 Å². The van der Waals surface area contributed by atoms with Crippen LogP contribution in [0.15, 0.2) is 60.9 Å². The molecule has 0 aliphatic carbocycles. The quantitative estimate of drug-likeness (QED) is 0.294. The molecule has 0 spiro atoms. The summed E-state index contributed by atoms with van der Waals surface area (Å²) in [5.41, 5.74) is 4.64. The summed E-state index contributed by atoms with van der Waals surface area (Å²) in [4.78, 5) is 25.0. The number of halogens is 2. The summed E-state index contributed by atoms with van der Waals surface area (Å²) >= 11 is 12.2. The van der Waals surface area contributed by atoms with E-state index in [4.69, 9.17) is 29.8 Å². The molecule has 8 heteroatoms. The lowest BCUT2D eigenvalue weighted by Gasteiger charge is -2.42. The number of pyridine rings is 1. The summed E-state index contributed by atoms with van der Waals surface area (Å²) in [7, 11) is 0. The molecule has 1 atom stereocenters. The molecule has 3 aromatic rings. The fourth-order valence-corrected chi connectivity index (χ4v) is 5.63. The number of hydrogen-bond donors (Lipinski definition) is 1. The van der Waals surface area contributed by atoms with Gasteiger partial charge in [0.2, 0.25) is 0 Å². The van der Waals surface area contributed by atoms with Gasteiger partial charge in [-0.1, -0.05) is 65.2 Å². The number of carbonyl (C=O) groups is 1. The van der Waals surface area contributed by atoms with Crippen LogP contribution in [0.3, 0.4) is 0 Å². The first-order valence-electron chi connectivity index (χ1n) is 13.0. The van der Waals surface area contributed by atoms with Crippen molar-refractivity contribution in [2.75, 3.05) is 24.5 Å². The number of amides is 1. The molecule has 1 N–H and O–H groups in total. The van der Waals surface area contributed by atoms with E-state index in [2.05, 4.69) is 75.2 Å². The molecule has 198 valence electrons. The minimum Gasteiger partial charge on any atom is -0.364 e. The second-order valence-electron chi connectivity index (χ2n) is 9.88. The average Bonchev–Trinajstić information content (AvgIpc) is 2.92. The lowest BCUT2D eigenvalue weighted by atomic mass is 9.99. The van der Waals surface area contributed by atoms with Gasteiger partial charge in [0.15, 0.2) is 5.69 Å². The lowest BCUT2D eigenvalue weighted by molar-refractivity contribution is 0.0945. The number of nitrogens with one attached hydrogen (secondary N) is 1. The van der Waals surface area contributed by atoms with Gasteiger partial charge in [0.05, 0.1) is 22.2 Å². The Hall–Kier alpha value is -3.11. The number of piperidine rings is 1. The standard InChI is InChI=1S/C30H33Cl2N5O/c1-21-5-4-6-23(17-21)20-37(25-9-7-24(33-3)8-10-25)26-12-15-36(16-13-26)22(2)11-14-35-30(38)29-27(31)18-34-19-28(29)32/h4-10,17-19,22,26H,11-16,20H2,1-2H3,(H,35,38). The smallest absolute Gasteiger partial charge is 0.254 e. The van der Waals surface area contributed by atoms with E-state index < -0.39 is 0 Å². The molecule has 1 amide bonds. The van der Waals surface area contributed by atoms with Gasteiger partial charge in [-0.05, 0) is 50.8 Å². The highest BCUT2D eigenvalue weighted by Gasteiger charge is 2.27. The van der Waals surface area contributed by atoms with Crippen molar-refractivity contribution in [1.29, 1.82) is 0 Å². The number of hydrogen-bond acceptors (Lipinski definition) is 4. The first-order valence-corrected chi connectivity index (χ1v) is 13.7. The van der Waals surface area contributed by atoms with Gasteiger partial charge in [0, 0.05) is 56.3 Å². The molecule has 1 saturated heterocycles. The van der Waals surface area contributed by atoms with E-state index in [0.29, 0.717) is 24.3 Å². The molecule has 1 aliphatic heterocycles. The molecule has 0 saturated carbocycles. The summed E-state index contributed by atoms with van der Waals surface area (Å²) < 4.78 is 0. The Kier molecular flexibility index (Phi) is 9.63. The van der Waals surface area contributed by atoms with E-state index in [-0.39, 0.29) is 21.5 Å². The normalized spacial score (nSPS) is 15.0. The van der Waals surface area contributed by atoms with Crippen LogP contribution in [0.2, 0.25) is 10.0 Å². The van der Waals surface area contributed by atoms with Gasteiger partial charge in [-0.25, -0.2) is 4.85 Å². The van der Waals surface area contributed by atoms with Crippen LogP contribution in [-0.4, -0.2) is 47.5 Å². The maximum absolute atomic E-state index is 12.6. The number of benzene rings is 2. The van der Waals surface area contributed by atoms with E-state index in [1.165, 1.54) is 23.5 Å². The summed E-state index contributed by atoms with van der Waals surface area (Å²) in [5.74, 6) is -0.274. The number of aromatic nitrogens is 1. The van der Waals surface area contributed by atoms with Crippen molar-refractivity contribution in [3.05, 3.63) is 99.1 Å². The average molecular weight is 551 g/mol. The number of nitrogens with zero attached hydrogens (tertiary/aromatic N) is 4. The molecular weight excluding hydrogens is 517 g/mol. The van der Waals surface area contributed by atoms with Crippen molar-refractivity contribution in [2.24, 2.45) is 0 Å². The van der Waals surface area contributed by atoms with Crippen molar-refractivity contribution in [2.45, 2.75) is 51.7 Å². The van der Waals surface area contributed by atoms with Gasteiger partial charge in [-0.3, -0.25) is 9.78 Å². The van der Waals surface area contributed by atoms with Gasteiger partial charge in [0.25, 0.3) is 5.91 Å². The summed E-state index contributed by atoms with van der Waals surface area (Å²) in [6.45, 7) is 15.0. The number of likely N-dealkylation sites (tertiary alicyclic amines) is 1. The summed E-state index contributed by atoms with van der Waals surface area (Å²) in [6, 6.07) is 17.4. The van der Waals surface area contributed by atoms with Gasteiger partial charge < -0.3 is 15.1 Å². The Morgan fingerprint density at radius 1 is 1.16 bits per heavy atom. The fourth-order valence-electron chi connectivity index (χ4n) is 5.09. The Bertz CT molecular complexity index is 1260. The van der Waals surface area contributed by atoms with Gasteiger partial charge >= 0.3 is 0 Å². The predicted octanol–water partition coefficient (Wildman–Crippen LogP) is 6.93. The molecule has 2 aromatic carbocycles. The third kappa shape index (κ3) is 7.05. The van der Waals surface area contributed by atoms with Crippen LogP contribution in [0, 0.1) is 13.5 Å². The Balaban J connectivity index is 1.34. The van der Waals surface area contributed by atoms with Gasteiger partial charge in [-0.15, -0.1) is 0 Å². The highest BCUT2D eigenvalue weighted by Crippen LogP contribution is 2.29. The van der Waals surface area contributed by atoms with Gasteiger partial charge in [-0.2, -0.15) is 0 Å². The van der Waals surface area contributed by atoms with Crippen molar-refractivity contribution in [3.63, 3.8) is 0 Å². The Morgan fingerprint density at radius 3 is 2.47 bits per heavy atom. The molecular formula is C30H33Cl2N5O. The number of rotatable bonds is 9. The van der Waals surface area contributed by atoms with E-state index in [1.54, 1.807) is 0 Å². The van der Waals surface area contributed by atoms with Crippen LogP contribution in [0.5, 0.6) is 0 Å². The maximum Gasteiger partial charge on any atom is 0.254 e. The second kappa shape index (κ2) is 13.1. The third-order valence-electron chi connectivity index (χ3n) is 7.24. The highest BCUT2D eigenvalue weighted by molar-refractivity contribution is 6.39. The molecule has 1 aliphatic rings. The van der Waals surface area contributed by atoms with E-state index in [9.17, 15) is 4.79 Å². The summed E-state index contributed by atoms with van der Waals surface area (Å²) in [6.07, 6.45) is 5.79. The van der Waals surface area contributed by atoms with Crippen LogP contribution >= 0.6 is 23.2 Å². The third-order valence-corrected chi connectivity index (χ3v) is 7.81. The number of carbonyl (C=O) groups excluding carboxylic acids is 1. The van der Waals surface area contributed by atoms with Crippen LogP contribution < -0.4 is 10.2 Å². The SMILES string of the molecule is [C-]#[N+]c1ccc(N(Cc2cccc(C)c2)C2CCN(C(C)CCNC(=O)c3c(Cl)cncc3Cl)CC2)cc1. The topological polar surface area (TPSA) is 52.8 Å². The lowest BCUT2D eigenvalue weighted by Crippen LogP contribution is -2.48. The zero-order valence-electron chi connectivity index (χ0n) is 21.8. The van der Waals surface area contributed by atoms with E-state index >= 15 is 0 Å². The molecule has 1 aromatic heterocycles. The molecule has 4 rings (SSSR count). The molecule has 0 bridgehead atoms. The summed E-state index contributed by atoms with van der Waals surface area (Å²) in [5, 5.41) is 3.46. The van der Waals surface area contributed by atoms with E-state index in [0.717, 1.165) is 44.6 Å². The molecule has 0 radical (unpaired) electrons. The Morgan fingerprint density at radius 2 is 1.84 bits per heavy atom. The molecule has 1 unspecified atom stereocenters. The van der Waals surface area contributed by atoms with E-state index in [1.807, 2.05) is 12.1 Å². The predicted molar refractivity (Wildman–Crippen MR) is 155 cm³/mol. The largest absolute Gasteiger partial charge is 0.364 e. The molecule has 6 nitrogen and oxygen atoms in total. The minimum absolute atomic E-state index is 0.254. The van der Waals surface area contributed by atoms with Crippen molar-refractivity contribution in [3.8, 4) is 0 Å². The zero-order chi connectivity index (χ0) is 27.1. The molecule has 1 fully saturated rings. The fraction of sp³-hybridized carbons (Fsp3) is 0.367. The highest BCUT2D eigenvalue weighted by atomic mass is 35.5. The van der Waals surface area contributed by atoms with Crippen molar-refractivity contribution >= 4 is 40.5 Å². The molecule has 38 heavy (non-hydrogen) atoms. The monoisotopic (exact) mass is 549 g/mol. The van der Waals surface area contributed by atoms with Crippen molar-refractivity contribution in [1.82, 2.24) is 15.2 Å². The van der Waals surface area contributed by atoms with Crippen LogP contribution in [0.1, 0.15) is 47.7 Å². The first kappa shape index (κ1) is 27.9. The second-order valence-corrected chi connectivity index (χ2v) is 10.7.